The highest BCUT2D eigenvalue weighted by molar-refractivity contribution is 5.78. The minimum Gasteiger partial charge on any atom is -0.494 e. The lowest BCUT2D eigenvalue weighted by atomic mass is 10.2. The number of ether oxygens (including phenoxy) is 1. The molecule has 0 aliphatic carbocycles. The molecule has 86 valence electrons. The third-order valence-corrected chi connectivity index (χ3v) is 2.46. The van der Waals surface area contributed by atoms with Crippen LogP contribution >= 0.6 is 0 Å². The van der Waals surface area contributed by atoms with E-state index in [-0.39, 0.29) is 11.9 Å². The van der Waals surface area contributed by atoms with Gasteiger partial charge in [-0.2, -0.15) is 0 Å². The summed E-state index contributed by atoms with van der Waals surface area (Å²) in [5, 5.41) is 5.93. The fourth-order valence-electron chi connectivity index (χ4n) is 1.56. The molecule has 1 aromatic heterocycles. The van der Waals surface area contributed by atoms with Crippen molar-refractivity contribution in [3.63, 3.8) is 0 Å². The third kappa shape index (κ3) is 2.59. The van der Waals surface area contributed by atoms with Crippen molar-refractivity contribution in [3.05, 3.63) is 12.4 Å². The van der Waals surface area contributed by atoms with E-state index < -0.39 is 0 Å². The Balaban J connectivity index is 1.82. The summed E-state index contributed by atoms with van der Waals surface area (Å²) < 4.78 is 4.95. The van der Waals surface area contributed by atoms with Crippen LogP contribution in [0.4, 0.5) is 5.95 Å². The molecule has 1 atom stereocenters. The first-order chi connectivity index (χ1) is 7.78. The Morgan fingerprint density at radius 2 is 2.31 bits per heavy atom. The first-order valence-corrected chi connectivity index (χ1v) is 5.17. The van der Waals surface area contributed by atoms with E-state index in [0.717, 1.165) is 6.42 Å². The van der Waals surface area contributed by atoms with E-state index in [1.807, 2.05) is 0 Å². The molecule has 1 saturated heterocycles. The van der Waals surface area contributed by atoms with Gasteiger partial charge >= 0.3 is 0 Å². The van der Waals surface area contributed by atoms with Crippen LogP contribution < -0.4 is 15.4 Å². The molecule has 1 amide bonds. The van der Waals surface area contributed by atoms with E-state index in [1.165, 1.54) is 0 Å². The largest absolute Gasteiger partial charge is 0.494 e. The van der Waals surface area contributed by atoms with Gasteiger partial charge in [0.15, 0.2) is 5.75 Å². The van der Waals surface area contributed by atoms with Gasteiger partial charge in [0.25, 0.3) is 0 Å². The van der Waals surface area contributed by atoms with Gasteiger partial charge in [0.1, 0.15) is 0 Å². The van der Waals surface area contributed by atoms with Crippen LogP contribution in [0.3, 0.4) is 0 Å². The topological polar surface area (TPSA) is 76.1 Å². The maximum Gasteiger partial charge on any atom is 0.222 e. The van der Waals surface area contributed by atoms with Gasteiger partial charge in [-0.3, -0.25) is 4.79 Å². The molecule has 1 aromatic rings. The van der Waals surface area contributed by atoms with Crippen LogP contribution in [-0.2, 0) is 4.79 Å². The van der Waals surface area contributed by atoms with Gasteiger partial charge in [0, 0.05) is 19.0 Å². The highest BCUT2D eigenvalue weighted by Gasteiger charge is 2.20. The van der Waals surface area contributed by atoms with Gasteiger partial charge in [-0.25, -0.2) is 9.97 Å². The average molecular weight is 222 g/mol. The second kappa shape index (κ2) is 4.78. The monoisotopic (exact) mass is 222 g/mol. The van der Waals surface area contributed by atoms with E-state index in [0.29, 0.717) is 24.7 Å². The molecular weight excluding hydrogens is 208 g/mol. The second-order valence-corrected chi connectivity index (χ2v) is 3.63. The lowest BCUT2D eigenvalue weighted by molar-refractivity contribution is -0.119. The normalized spacial score (nSPS) is 19.3. The molecule has 0 aromatic carbocycles. The Hall–Kier alpha value is -1.85. The van der Waals surface area contributed by atoms with Gasteiger partial charge in [-0.05, 0) is 6.42 Å². The van der Waals surface area contributed by atoms with Crippen LogP contribution in [0.15, 0.2) is 12.4 Å². The molecule has 16 heavy (non-hydrogen) atoms. The van der Waals surface area contributed by atoms with Crippen LogP contribution in [0.2, 0.25) is 0 Å². The van der Waals surface area contributed by atoms with Crippen molar-refractivity contribution in [3.8, 4) is 5.75 Å². The van der Waals surface area contributed by atoms with Crippen LogP contribution in [0.25, 0.3) is 0 Å². The number of nitrogens with one attached hydrogen (secondary N) is 2. The standard InChI is InChI=1S/C10H14N4O2/c1-16-8-5-12-10(13-6-8)11-4-7-2-3-9(15)14-7/h5-7H,2-4H2,1H3,(H,14,15)(H,11,12,13). The Labute approximate surface area is 93.4 Å². The molecule has 2 N–H and O–H groups in total. The van der Waals surface area contributed by atoms with Crippen LogP contribution in [0.5, 0.6) is 5.75 Å². The summed E-state index contributed by atoms with van der Waals surface area (Å²) in [5.41, 5.74) is 0. The molecular formula is C10H14N4O2. The van der Waals surface area contributed by atoms with Gasteiger partial charge in [-0.15, -0.1) is 0 Å². The summed E-state index contributed by atoms with van der Waals surface area (Å²) in [5.74, 6) is 1.28. The summed E-state index contributed by atoms with van der Waals surface area (Å²) in [7, 11) is 1.57. The predicted octanol–water partition coefficient (Wildman–Crippen LogP) is 0.176. The predicted molar refractivity (Wildman–Crippen MR) is 58.2 cm³/mol. The zero-order chi connectivity index (χ0) is 11.4. The number of hydrogen-bond acceptors (Lipinski definition) is 5. The molecule has 1 unspecified atom stereocenters. The van der Waals surface area contributed by atoms with Crippen molar-refractivity contribution in [2.24, 2.45) is 0 Å². The van der Waals surface area contributed by atoms with Crippen molar-refractivity contribution in [2.45, 2.75) is 18.9 Å². The molecule has 6 heteroatoms. The van der Waals surface area contributed by atoms with Crippen LogP contribution in [0.1, 0.15) is 12.8 Å². The molecule has 0 spiro atoms. The van der Waals surface area contributed by atoms with E-state index in [1.54, 1.807) is 19.5 Å². The minimum absolute atomic E-state index is 0.113. The van der Waals surface area contributed by atoms with Gasteiger partial charge < -0.3 is 15.4 Å². The number of hydrogen-bond donors (Lipinski definition) is 2. The smallest absolute Gasteiger partial charge is 0.222 e. The third-order valence-electron chi connectivity index (χ3n) is 2.46. The van der Waals surface area contributed by atoms with Gasteiger partial charge in [0.2, 0.25) is 11.9 Å². The fraction of sp³-hybridized carbons (Fsp3) is 0.500. The van der Waals surface area contributed by atoms with Crippen LogP contribution in [0, 0.1) is 0 Å². The molecule has 0 saturated carbocycles. The number of carbonyl (C=O) groups excluding carboxylic acids is 1. The maximum absolute atomic E-state index is 11.0. The molecule has 2 heterocycles. The summed E-state index contributed by atoms with van der Waals surface area (Å²) in [6.45, 7) is 0.651. The lowest BCUT2D eigenvalue weighted by Crippen LogP contribution is -2.32. The number of amides is 1. The molecule has 1 fully saturated rings. The van der Waals surface area contributed by atoms with E-state index >= 15 is 0 Å². The van der Waals surface area contributed by atoms with E-state index in [2.05, 4.69) is 20.6 Å². The zero-order valence-electron chi connectivity index (χ0n) is 9.06. The first kappa shape index (κ1) is 10.7. The summed E-state index contributed by atoms with van der Waals surface area (Å²) in [6, 6.07) is 0.179. The highest BCUT2D eigenvalue weighted by atomic mass is 16.5. The van der Waals surface area contributed by atoms with Gasteiger partial charge in [0.05, 0.1) is 19.5 Å². The quantitative estimate of drug-likeness (QED) is 0.759. The molecule has 1 aliphatic rings. The number of aromatic nitrogens is 2. The Morgan fingerprint density at radius 3 is 2.88 bits per heavy atom. The summed E-state index contributed by atoms with van der Waals surface area (Å²) in [6.07, 6.45) is 4.67. The maximum atomic E-state index is 11.0. The lowest BCUT2D eigenvalue weighted by Gasteiger charge is -2.10. The first-order valence-electron chi connectivity index (χ1n) is 5.17. The Morgan fingerprint density at radius 1 is 1.56 bits per heavy atom. The van der Waals surface area contributed by atoms with E-state index in [9.17, 15) is 4.79 Å². The molecule has 6 nitrogen and oxygen atoms in total. The van der Waals surface area contributed by atoms with Crippen LogP contribution in [-0.4, -0.2) is 35.6 Å². The van der Waals surface area contributed by atoms with Crippen molar-refractivity contribution in [1.29, 1.82) is 0 Å². The minimum atomic E-state index is 0.113. The molecule has 2 rings (SSSR count). The van der Waals surface area contributed by atoms with Crippen molar-refractivity contribution < 1.29 is 9.53 Å². The Kier molecular flexibility index (Phi) is 3.19. The number of rotatable bonds is 4. The number of nitrogens with zero attached hydrogens (tertiary/aromatic N) is 2. The second-order valence-electron chi connectivity index (χ2n) is 3.63. The van der Waals surface area contributed by atoms with Gasteiger partial charge in [-0.1, -0.05) is 0 Å². The Bertz CT molecular complexity index is 366. The number of methoxy groups -OCH3 is 1. The fourth-order valence-corrected chi connectivity index (χ4v) is 1.56. The average Bonchev–Trinajstić information content (AvgIpc) is 2.73. The number of anilines is 1. The van der Waals surface area contributed by atoms with E-state index in [4.69, 9.17) is 4.74 Å². The SMILES string of the molecule is COc1cnc(NCC2CCC(=O)N2)nc1. The van der Waals surface area contributed by atoms with Crippen molar-refractivity contribution in [1.82, 2.24) is 15.3 Å². The highest BCUT2D eigenvalue weighted by Crippen LogP contribution is 2.09. The van der Waals surface area contributed by atoms with Crippen molar-refractivity contribution >= 4 is 11.9 Å². The summed E-state index contributed by atoms with van der Waals surface area (Å²) in [4.78, 5) is 19.1. The molecule has 0 bridgehead atoms. The molecule has 1 aliphatic heterocycles. The number of carbonyl (C=O) groups is 1. The zero-order valence-corrected chi connectivity index (χ0v) is 9.06. The van der Waals surface area contributed by atoms with Crippen molar-refractivity contribution in [2.75, 3.05) is 19.0 Å². The summed E-state index contributed by atoms with van der Waals surface area (Å²) >= 11 is 0. The molecule has 0 radical (unpaired) electrons.